The number of nitrogens with two attached hydrogens (primary N) is 1. The molecule has 0 saturated heterocycles. The van der Waals surface area contributed by atoms with E-state index in [0.29, 0.717) is 6.54 Å². The lowest BCUT2D eigenvalue weighted by Crippen LogP contribution is -2.28. The summed E-state index contributed by atoms with van der Waals surface area (Å²) >= 11 is 0. The van der Waals surface area contributed by atoms with Crippen LogP contribution in [0.4, 0.5) is 11.4 Å². The molecule has 2 rings (SSSR count). The van der Waals surface area contributed by atoms with Gasteiger partial charge in [0.05, 0.1) is 18.4 Å². The standard InChI is InChI=1S/C16H22N4O/c1-4-19(5-2)14-9-16(21)20(18-10-14)11-13-7-6-8-15(17)12(13)3/h6-10H,4-5,11,17H2,1-3H3. The quantitative estimate of drug-likeness (QED) is 0.854. The van der Waals surface area contributed by atoms with Crippen molar-refractivity contribution >= 4 is 11.4 Å². The van der Waals surface area contributed by atoms with Crippen molar-refractivity contribution in [2.45, 2.75) is 27.3 Å². The van der Waals surface area contributed by atoms with Crippen LogP contribution in [0.3, 0.4) is 0 Å². The number of nitrogens with zero attached hydrogens (tertiary/aromatic N) is 3. The first-order valence-corrected chi connectivity index (χ1v) is 7.22. The maximum atomic E-state index is 12.2. The van der Waals surface area contributed by atoms with Crippen LogP contribution < -0.4 is 16.2 Å². The predicted molar refractivity (Wildman–Crippen MR) is 86.8 cm³/mol. The van der Waals surface area contributed by atoms with Crippen LogP contribution in [-0.2, 0) is 6.54 Å². The van der Waals surface area contributed by atoms with Crippen molar-refractivity contribution in [1.82, 2.24) is 9.78 Å². The first-order chi connectivity index (χ1) is 10.1. The molecule has 1 aromatic carbocycles. The molecular formula is C16H22N4O. The van der Waals surface area contributed by atoms with Crippen LogP contribution in [0, 0.1) is 6.92 Å². The molecule has 2 N–H and O–H groups in total. The van der Waals surface area contributed by atoms with Gasteiger partial charge in [0.2, 0.25) is 0 Å². The van der Waals surface area contributed by atoms with Crippen LogP contribution in [0.5, 0.6) is 0 Å². The number of rotatable bonds is 5. The number of hydrogen-bond donors (Lipinski definition) is 1. The summed E-state index contributed by atoms with van der Waals surface area (Å²) in [6.45, 7) is 8.23. The zero-order chi connectivity index (χ0) is 15.4. The molecule has 0 aliphatic heterocycles. The third-order valence-corrected chi connectivity index (χ3v) is 3.79. The predicted octanol–water partition coefficient (Wildman–Crippen LogP) is 2.03. The van der Waals surface area contributed by atoms with E-state index in [4.69, 9.17) is 5.73 Å². The Morgan fingerprint density at radius 1 is 1.29 bits per heavy atom. The van der Waals surface area contributed by atoms with E-state index in [1.807, 2.05) is 25.1 Å². The summed E-state index contributed by atoms with van der Waals surface area (Å²) < 4.78 is 1.47. The highest BCUT2D eigenvalue weighted by atomic mass is 16.1. The number of benzene rings is 1. The third-order valence-electron chi connectivity index (χ3n) is 3.79. The lowest BCUT2D eigenvalue weighted by Gasteiger charge is -2.20. The molecule has 1 aromatic heterocycles. The van der Waals surface area contributed by atoms with Crippen LogP contribution in [0.15, 0.2) is 35.3 Å². The monoisotopic (exact) mass is 286 g/mol. The van der Waals surface area contributed by atoms with Gasteiger partial charge in [0.25, 0.3) is 5.56 Å². The molecule has 5 heteroatoms. The Labute approximate surface area is 125 Å². The molecule has 0 aliphatic carbocycles. The number of aromatic nitrogens is 2. The van der Waals surface area contributed by atoms with Crippen molar-refractivity contribution in [2.75, 3.05) is 23.7 Å². The van der Waals surface area contributed by atoms with Crippen LogP contribution in [-0.4, -0.2) is 22.9 Å². The summed E-state index contributed by atoms with van der Waals surface area (Å²) in [6, 6.07) is 7.37. The molecule has 0 amide bonds. The van der Waals surface area contributed by atoms with Crippen molar-refractivity contribution in [3.8, 4) is 0 Å². The van der Waals surface area contributed by atoms with Gasteiger partial charge in [-0.3, -0.25) is 4.79 Å². The summed E-state index contributed by atoms with van der Waals surface area (Å²) in [6.07, 6.45) is 1.75. The molecule has 0 spiro atoms. The minimum atomic E-state index is -0.0961. The van der Waals surface area contributed by atoms with Crippen molar-refractivity contribution in [1.29, 1.82) is 0 Å². The smallest absolute Gasteiger partial charge is 0.269 e. The van der Waals surface area contributed by atoms with Gasteiger partial charge < -0.3 is 10.6 Å². The Morgan fingerprint density at radius 3 is 2.62 bits per heavy atom. The molecule has 0 bridgehead atoms. The molecule has 0 saturated carbocycles. The van der Waals surface area contributed by atoms with Crippen LogP contribution in [0.25, 0.3) is 0 Å². The fourth-order valence-electron chi connectivity index (χ4n) is 2.34. The van der Waals surface area contributed by atoms with Gasteiger partial charge >= 0.3 is 0 Å². The molecular weight excluding hydrogens is 264 g/mol. The fourth-order valence-corrected chi connectivity index (χ4v) is 2.34. The molecule has 112 valence electrons. The lowest BCUT2D eigenvalue weighted by molar-refractivity contribution is 0.634. The van der Waals surface area contributed by atoms with E-state index >= 15 is 0 Å². The number of nitrogen functional groups attached to an aromatic ring is 1. The second-order valence-electron chi connectivity index (χ2n) is 5.01. The van der Waals surface area contributed by atoms with Gasteiger partial charge in [-0.15, -0.1) is 0 Å². The van der Waals surface area contributed by atoms with Crippen molar-refractivity contribution in [3.63, 3.8) is 0 Å². The second-order valence-corrected chi connectivity index (χ2v) is 5.01. The first kappa shape index (κ1) is 15.1. The van der Waals surface area contributed by atoms with Crippen LogP contribution in [0.1, 0.15) is 25.0 Å². The summed E-state index contributed by atoms with van der Waals surface area (Å²) in [5.41, 5.74) is 9.42. The number of hydrogen-bond acceptors (Lipinski definition) is 4. The van der Waals surface area contributed by atoms with E-state index in [1.54, 1.807) is 12.3 Å². The molecule has 0 aliphatic rings. The molecule has 0 atom stereocenters. The zero-order valence-electron chi connectivity index (χ0n) is 12.8. The summed E-state index contributed by atoms with van der Waals surface area (Å²) in [7, 11) is 0. The van der Waals surface area contributed by atoms with E-state index in [9.17, 15) is 4.79 Å². The average Bonchev–Trinajstić information content (AvgIpc) is 2.47. The van der Waals surface area contributed by atoms with E-state index < -0.39 is 0 Å². The molecule has 2 aromatic rings. The van der Waals surface area contributed by atoms with Gasteiger partial charge in [-0.05, 0) is 38.0 Å². The van der Waals surface area contributed by atoms with Crippen LogP contribution in [0.2, 0.25) is 0 Å². The van der Waals surface area contributed by atoms with Gasteiger partial charge in [0.15, 0.2) is 0 Å². The summed E-state index contributed by atoms with van der Waals surface area (Å²) in [5.74, 6) is 0. The molecule has 0 fully saturated rings. The topological polar surface area (TPSA) is 64.2 Å². The Bertz CT molecular complexity index is 674. The third kappa shape index (κ3) is 3.24. The van der Waals surface area contributed by atoms with Gasteiger partial charge in [-0.2, -0.15) is 5.10 Å². The Morgan fingerprint density at radius 2 is 2.00 bits per heavy atom. The fraction of sp³-hybridized carbons (Fsp3) is 0.375. The Balaban J connectivity index is 2.30. The van der Waals surface area contributed by atoms with Crippen molar-refractivity contribution in [2.24, 2.45) is 0 Å². The van der Waals surface area contributed by atoms with Crippen molar-refractivity contribution in [3.05, 3.63) is 51.9 Å². The molecule has 0 unspecified atom stereocenters. The largest absolute Gasteiger partial charge is 0.399 e. The zero-order valence-corrected chi connectivity index (χ0v) is 12.8. The van der Waals surface area contributed by atoms with Crippen molar-refractivity contribution < 1.29 is 0 Å². The SMILES string of the molecule is CCN(CC)c1cnn(Cc2cccc(N)c2C)c(=O)c1. The Kier molecular flexibility index (Phi) is 4.62. The molecule has 21 heavy (non-hydrogen) atoms. The highest BCUT2D eigenvalue weighted by molar-refractivity contribution is 5.50. The maximum Gasteiger partial charge on any atom is 0.269 e. The lowest BCUT2D eigenvalue weighted by atomic mass is 10.1. The highest BCUT2D eigenvalue weighted by Crippen LogP contribution is 2.16. The number of anilines is 2. The molecule has 0 radical (unpaired) electrons. The minimum absolute atomic E-state index is 0.0961. The summed E-state index contributed by atoms with van der Waals surface area (Å²) in [4.78, 5) is 14.3. The minimum Gasteiger partial charge on any atom is -0.399 e. The Hall–Kier alpha value is -2.30. The molecule has 5 nitrogen and oxygen atoms in total. The molecule has 1 heterocycles. The average molecular weight is 286 g/mol. The first-order valence-electron chi connectivity index (χ1n) is 7.22. The van der Waals surface area contributed by atoms with Crippen LogP contribution >= 0.6 is 0 Å². The van der Waals surface area contributed by atoms with Gasteiger partial charge in [0, 0.05) is 24.8 Å². The maximum absolute atomic E-state index is 12.2. The van der Waals surface area contributed by atoms with E-state index in [2.05, 4.69) is 23.8 Å². The van der Waals surface area contributed by atoms with Gasteiger partial charge in [-0.1, -0.05) is 12.1 Å². The van der Waals surface area contributed by atoms with E-state index in [0.717, 1.165) is 35.6 Å². The second kappa shape index (κ2) is 6.43. The van der Waals surface area contributed by atoms with E-state index in [1.165, 1.54) is 4.68 Å². The summed E-state index contributed by atoms with van der Waals surface area (Å²) in [5, 5.41) is 4.28. The van der Waals surface area contributed by atoms with Gasteiger partial charge in [-0.25, -0.2) is 4.68 Å². The van der Waals surface area contributed by atoms with E-state index in [-0.39, 0.29) is 5.56 Å². The van der Waals surface area contributed by atoms with Gasteiger partial charge in [0.1, 0.15) is 0 Å². The normalized spacial score (nSPS) is 10.6. The highest BCUT2D eigenvalue weighted by Gasteiger charge is 2.07.